The summed E-state index contributed by atoms with van der Waals surface area (Å²) in [5.74, 6) is 0. The summed E-state index contributed by atoms with van der Waals surface area (Å²) in [5.41, 5.74) is 12.4. The second kappa shape index (κ2) is 7.91. The summed E-state index contributed by atoms with van der Waals surface area (Å²) in [4.78, 5) is 0. The summed E-state index contributed by atoms with van der Waals surface area (Å²) < 4.78 is 0. The molecule has 0 unspecified atom stereocenters. The van der Waals surface area contributed by atoms with E-state index in [1.165, 1.54) is 55.6 Å². The van der Waals surface area contributed by atoms with E-state index in [9.17, 15) is 0 Å². The van der Waals surface area contributed by atoms with Crippen molar-refractivity contribution in [3.05, 3.63) is 191 Å². The van der Waals surface area contributed by atoms with Crippen molar-refractivity contribution in [3.8, 4) is 22.3 Å². The first kappa shape index (κ1) is 21.4. The molecule has 6 aromatic carbocycles. The SMILES string of the molecule is c1ccc(C2(C3(c4ccccc4)c4ccccc4-c4ccccc43)c3ccccc3-c3ccccc32)cc1. The molecule has 0 aliphatic heterocycles. The number of fused-ring (bicyclic) bond motifs is 6. The van der Waals surface area contributed by atoms with Crippen LogP contribution in [0.4, 0.5) is 0 Å². The fraction of sp³-hybridized carbons (Fsp3) is 0.0526. The largest absolute Gasteiger partial charge is 0.0641 e. The average molecular weight is 483 g/mol. The van der Waals surface area contributed by atoms with Gasteiger partial charge in [0.1, 0.15) is 0 Å². The normalized spacial score (nSPS) is 15.3. The summed E-state index contributed by atoms with van der Waals surface area (Å²) in [6.45, 7) is 0. The van der Waals surface area contributed by atoms with Gasteiger partial charge < -0.3 is 0 Å². The molecule has 0 spiro atoms. The smallest absolute Gasteiger partial charge is 0.0622 e. The Hall–Kier alpha value is -4.68. The van der Waals surface area contributed by atoms with E-state index in [4.69, 9.17) is 0 Å². The maximum atomic E-state index is 2.37. The molecule has 0 saturated carbocycles. The van der Waals surface area contributed by atoms with Gasteiger partial charge in [0.25, 0.3) is 0 Å². The van der Waals surface area contributed by atoms with Crippen LogP contribution in [-0.4, -0.2) is 0 Å². The second-order valence-electron chi connectivity index (χ2n) is 10.4. The Morgan fingerprint density at radius 2 is 0.474 bits per heavy atom. The van der Waals surface area contributed by atoms with E-state index in [1.54, 1.807) is 0 Å². The Labute approximate surface area is 223 Å². The van der Waals surface area contributed by atoms with Crippen molar-refractivity contribution in [3.63, 3.8) is 0 Å². The molecule has 8 rings (SSSR count). The van der Waals surface area contributed by atoms with Crippen molar-refractivity contribution in [1.82, 2.24) is 0 Å². The second-order valence-corrected chi connectivity index (χ2v) is 10.4. The van der Waals surface area contributed by atoms with E-state index in [0.29, 0.717) is 0 Å². The first-order chi connectivity index (χ1) is 18.9. The molecule has 0 bridgehead atoms. The van der Waals surface area contributed by atoms with E-state index >= 15 is 0 Å². The summed E-state index contributed by atoms with van der Waals surface area (Å²) >= 11 is 0. The third-order valence-electron chi connectivity index (χ3n) is 8.88. The van der Waals surface area contributed by atoms with Crippen LogP contribution in [0.15, 0.2) is 158 Å². The average Bonchev–Trinajstić information content (AvgIpc) is 3.47. The van der Waals surface area contributed by atoms with Gasteiger partial charge in [-0.25, -0.2) is 0 Å². The number of hydrogen-bond acceptors (Lipinski definition) is 0. The summed E-state index contributed by atoms with van der Waals surface area (Å²) in [7, 11) is 0. The first-order valence-electron chi connectivity index (χ1n) is 13.4. The Balaban J connectivity index is 1.69. The molecule has 0 aromatic heterocycles. The Morgan fingerprint density at radius 1 is 0.237 bits per heavy atom. The van der Waals surface area contributed by atoms with Gasteiger partial charge in [-0.15, -0.1) is 0 Å². The van der Waals surface area contributed by atoms with Gasteiger partial charge in [0.05, 0.1) is 10.8 Å². The monoisotopic (exact) mass is 482 g/mol. The highest BCUT2D eigenvalue weighted by Gasteiger charge is 2.63. The zero-order valence-corrected chi connectivity index (χ0v) is 21.0. The highest BCUT2D eigenvalue weighted by atomic mass is 14.6. The molecule has 0 radical (unpaired) electrons. The van der Waals surface area contributed by atoms with Gasteiger partial charge in [0.15, 0.2) is 0 Å². The van der Waals surface area contributed by atoms with Gasteiger partial charge in [-0.2, -0.15) is 0 Å². The van der Waals surface area contributed by atoms with Crippen molar-refractivity contribution in [2.24, 2.45) is 0 Å². The molecule has 6 aromatic rings. The van der Waals surface area contributed by atoms with Crippen molar-refractivity contribution < 1.29 is 0 Å². The fourth-order valence-corrected chi connectivity index (χ4v) is 7.71. The van der Waals surface area contributed by atoms with Gasteiger partial charge in [0, 0.05) is 0 Å². The van der Waals surface area contributed by atoms with Crippen LogP contribution < -0.4 is 0 Å². The maximum Gasteiger partial charge on any atom is 0.0641 e. The summed E-state index contributed by atoms with van der Waals surface area (Å²) in [5, 5.41) is 0. The van der Waals surface area contributed by atoms with Crippen LogP contribution in [0.5, 0.6) is 0 Å². The Morgan fingerprint density at radius 3 is 0.763 bits per heavy atom. The molecule has 2 aliphatic rings. The maximum absolute atomic E-state index is 2.37. The lowest BCUT2D eigenvalue weighted by molar-refractivity contribution is 0.437. The lowest BCUT2D eigenvalue weighted by atomic mass is 9.49. The molecule has 2 aliphatic carbocycles. The van der Waals surface area contributed by atoms with E-state index in [2.05, 4.69) is 158 Å². The predicted molar refractivity (Wildman–Crippen MR) is 156 cm³/mol. The predicted octanol–water partition coefficient (Wildman–Crippen LogP) is 9.02. The molecule has 0 saturated heterocycles. The minimum Gasteiger partial charge on any atom is -0.0622 e. The van der Waals surface area contributed by atoms with Crippen LogP contribution in [0.1, 0.15) is 33.4 Å². The van der Waals surface area contributed by atoms with E-state index in [-0.39, 0.29) is 0 Å². The van der Waals surface area contributed by atoms with Crippen LogP contribution in [0.25, 0.3) is 22.3 Å². The minimum absolute atomic E-state index is 0.481. The number of hydrogen-bond donors (Lipinski definition) is 0. The molecule has 0 atom stereocenters. The van der Waals surface area contributed by atoms with Crippen LogP contribution in [0.3, 0.4) is 0 Å². The third kappa shape index (κ3) is 2.45. The quantitative estimate of drug-likeness (QED) is 0.236. The van der Waals surface area contributed by atoms with Crippen molar-refractivity contribution in [2.45, 2.75) is 10.8 Å². The summed E-state index contributed by atoms with van der Waals surface area (Å²) in [6.07, 6.45) is 0. The van der Waals surface area contributed by atoms with Crippen molar-refractivity contribution >= 4 is 0 Å². The number of rotatable bonds is 3. The van der Waals surface area contributed by atoms with E-state index in [0.717, 1.165) is 0 Å². The van der Waals surface area contributed by atoms with Crippen LogP contribution >= 0.6 is 0 Å². The van der Waals surface area contributed by atoms with Crippen LogP contribution in [0.2, 0.25) is 0 Å². The van der Waals surface area contributed by atoms with E-state index < -0.39 is 10.8 Å². The molecule has 0 N–H and O–H groups in total. The van der Waals surface area contributed by atoms with Gasteiger partial charge >= 0.3 is 0 Å². The molecule has 0 heterocycles. The van der Waals surface area contributed by atoms with Gasteiger partial charge in [-0.05, 0) is 55.6 Å². The van der Waals surface area contributed by atoms with Crippen molar-refractivity contribution in [2.75, 3.05) is 0 Å². The standard InChI is InChI=1S/C38H26/c1-3-15-27(16-4-1)37(33-23-11-7-19-29(33)30-20-8-12-24-34(30)37)38(28-17-5-2-6-18-28)35-25-13-9-21-31(35)32-22-10-14-26-36(32)38/h1-26H. The highest BCUT2D eigenvalue weighted by Crippen LogP contribution is 2.69. The molecule has 38 heavy (non-hydrogen) atoms. The van der Waals surface area contributed by atoms with Crippen molar-refractivity contribution in [1.29, 1.82) is 0 Å². The Kier molecular flexibility index (Phi) is 4.46. The van der Waals surface area contributed by atoms with E-state index in [1.807, 2.05) is 0 Å². The zero-order chi connectivity index (χ0) is 25.2. The minimum atomic E-state index is -0.481. The lowest BCUT2D eigenvalue weighted by Crippen LogP contribution is -2.50. The first-order valence-corrected chi connectivity index (χ1v) is 13.4. The third-order valence-corrected chi connectivity index (χ3v) is 8.88. The molecular formula is C38H26. The Bertz CT molecular complexity index is 1580. The van der Waals surface area contributed by atoms with Crippen LogP contribution in [0, 0.1) is 0 Å². The van der Waals surface area contributed by atoms with Crippen LogP contribution in [-0.2, 0) is 10.8 Å². The number of benzene rings is 6. The molecule has 0 fully saturated rings. The molecule has 0 amide bonds. The fourth-order valence-electron chi connectivity index (χ4n) is 7.71. The zero-order valence-electron chi connectivity index (χ0n) is 21.0. The molecule has 0 nitrogen and oxygen atoms in total. The molecular weight excluding hydrogens is 456 g/mol. The van der Waals surface area contributed by atoms with Gasteiger partial charge in [-0.1, -0.05) is 158 Å². The highest BCUT2D eigenvalue weighted by molar-refractivity contribution is 5.92. The van der Waals surface area contributed by atoms with Gasteiger partial charge in [0.2, 0.25) is 0 Å². The lowest BCUT2D eigenvalue weighted by Gasteiger charge is -2.50. The summed E-state index contributed by atoms with van der Waals surface area (Å²) in [6, 6.07) is 58.8. The molecule has 178 valence electrons. The topological polar surface area (TPSA) is 0 Å². The van der Waals surface area contributed by atoms with Gasteiger partial charge in [-0.3, -0.25) is 0 Å². The molecule has 0 heteroatoms.